The number of anilines is 1. The second kappa shape index (κ2) is 7.70. The number of nitrogens with one attached hydrogen (secondary N) is 1. The van der Waals surface area contributed by atoms with E-state index in [2.05, 4.69) is 15.5 Å². The quantitative estimate of drug-likeness (QED) is 0.666. The van der Waals surface area contributed by atoms with Gasteiger partial charge in [0.05, 0.1) is 12.2 Å². The van der Waals surface area contributed by atoms with Gasteiger partial charge in [-0.15, -0.1) is 0 Å². The molecule has 0 aliphatic carbocycles. The average Bonchev–Trinajstić information content (AvgIpc) is 3.15. The highest BCUT2D eigenvalue weighted by Crippen LogP contribution is 2.24. The monoisotopic (exact) mass is 411 g/mol. The standard InChI is InChI=1S/C17H16Cl3N5O/c1-10-5-6-25(22-10)11(2)17(26)21-16-15(20)9-24(23-16)8-12-3-4-13(18)7-14(12)19/h3-7,9,11H,8H2,1-2H3,(H,21,23,26). The summed E-state index contributed by atoms with van der Waals surface area (Å²) in [6, 6.07) is 6.59. The Morgan fingerprint density at radius 2 is 1.96 bits per heavy atom. The van der Waals surface area contributed by atoms with Crippen molar-refractivity contribution in [3.63, 3.8) is 0 Å². The molecule has 26 heavy (non-hydrogen) atoms. The van der Waals surface area contributed by atoms with Crippen molar-refractivity contribution in [1.82, 2.24) is 19.6 Å². The number of nitrogens with zero attached hydrogens (tertiary/aromatic N) is 4. The third kappa shape index (κ3) is 4.20. The van der Waals surface area contributed by atoms with Crippen LogP contribution in [0.15, 0.2) is 36.7 Å². The van der Waals surface area contributed by atoms with Gasteiger partial charge in [-0.05, 0) is 37.6 Å². The first-order valence-corrected chi connectivity index (χ1v) is 8.96. The van der Waals surface area contributed by atoms with Crippen LogP contribution in [0, 0.1) is 6.92 Å². The number of carbonyl (C=O) groups excluding carboxylic acids is 1. The number of rotatable bonds is 5. The van der Waals surface area contributed by atoms with E-state index in [0.717, 1.165) is 11.3 Å². The summed E-state index contributed by atoms with van der Waals surface area (Å²) in [6.45, 7) is 4.02. The first-order valence-electron chi connectivity index (χ1n) is 7.83. The molecule has 0 aliphatic rings. The lowest BCUT2D eigenvalue weighted by atomic mass is 10.2. The lowest BCUT2D eigenvalue weighted by Gasteiger charge is -2.11. The number of carbonyl (C=O) groups is 1. The maximum atomic E-state index is 12.4. The van der Waals surface area contributed by atoms with Crippen LogP contribution < -0.4 is 5.32 Å². The molecule has 6 nitrogen and oxygen atoms in total. The number of halogens is 3. The number of benzene rings is 1. The Morgan fingerprint density at radius 3 is 2.62 bits per heavy atom. The molecule has 0 aliphatic heterocycles. The van der Waals surface area contributed by atoms with Crippen LogP contribution in [0.2, 0.25) is 15.1 Å². The van der Waals surface area contributed by atoms with E-state index in [4.69, 9.17) is 34.8 Å². The summed E-state index contributed by atoms with van der Waals surface area (Å²) >= 11 is 18.3. The topological polar surface area (TPSA) is 64.7 Å². The molecule has 0 saturated heterocycles. The van der Waals surface area contributed by atoms with E-state index in [0.29, 0.717) is 21.6 Å². The van der Waals surface area contributed by atoms with Crippen LogP contribution >= 0.6 is 34.8 Å². The predicted octanol–water partition coefficient (Wildman–Crippen LogP) is 4.60. The van der Waals surface area contributed by atoms with Gasteiger partial charge in [0.2, 0.25) is 5.91 Å². The molecule has 1 atom stereocenters. The minimum absolute atomic E-state index is 0.259. The Bertz CT molecular complexity index is 950. The summed E-state index contributed by atoms with van der Waals surface area (Å²) in [4.78, 5) is 12.4. The van der Waals surface area contributed by atoms with E-state index < -0.39 is 6.04 Å². The molecule has 3 rings (SSSR count). The molecule has 2 aromatic heterocycles. The number of amides is 1. The van der Waals surface area contributed by atoms with Crippen molar-refractivity contribution < 1.29 is 4.79 Å². The SMILES string of the molecule is Cc1ccn(C(C)C(=O)Nc2nn(Cc3ccc(Cl)cc3Cl)cc2Cl)n1. The number of hydrogen-bond acceptors (Lipinski definition) is 3. The Kier molecular flexibility index (Phi) is 5.55. The maximum absolute atomic E-state index is 12.4. The summed E-state index contributed by atoms with van der Waals surface area (Å²) in [6.07, 6.45) is 3.38. The average molecular weight is 413 g/mol. The van der Waals surface area contributed by atoms with E-state index >= 15 is 0 Å². The highest BCUT2D eigenvalue weighted by Gasteiger charge is 2.19. The summed E-state index contributed by atoms with van der Waals surface area (Å²) < 4.78 is 3.19. The van der Waals surface area contributed by atoms with Crippen LogP contribution in [0.25, 0.3) is 0 Å². The molecule has 1 amide bonds. The third-order valence-corrected chi connectivity index (χ3v) is 4.69. The summed E-state index contributed by atoms with van der Waals surface area (Å²) in [5.74, 6) is 0.0299. The van der Waals surface area contributed by atoms with Gasteiger partial charge in [0.25, 0.3) is 0 Å². The van der Waals surface area contributed by atoms with Crippen molar-refractivity contribution in [3.8, 4) is 0 Å². The molecule has 1 aromatic carbocycles. The predicted molar refractivity (Wildman–Crippen MR) is 103 cm³/mol. The number of aryl methyl sites for hydroxylation is 1. The number of aromatic nitrogens is 4. The van der Waals surface area contributed by atoms with E-state index in [9.17, 15) is 4.79 Å². The van der Waals surface area contributed by atoms with Crippen molar-refractivity contribution in [2.75, 3.05) is 5.32 Å². The highest BCUT2D eigenvalue weighted by molar-refractivity contribution is 6.35. The normalized spacial score (nSPS) is 12.2. The lowest BCUT2D eigenvalue weighted by molar-refractivity contribution is -0.119. The zero-order valence-electron chi connectivity index (χ0n) is 14.1. The molecule has 0 radical (unpaired) electrons. The lowest BCUT2D eigenvalue weighted by Crippen LogP contribution is -2.24. The summed E-state index contributed by atoms with van der Waals surface area (Å²) in [5.41, 5.74) is 1.68. The van der Waals surface area contributed by atoms with Gasteiger partial charge < -0.3 is 5.32 Å². The van der Waals surface area contributed by atoms with Crippen LogP contribution in [0.4, 0.5) is 5.82 Å². The second-order valence-corrected chi connectivity index (χ2v) is 7.11. The minimum Gasteiger partial charge on any atom is -0.306 e. The zero-order valence-corrected chi connectivity index (χ0v) is 16.3. The van der Waals surface area contributed by atoms with Crippen molar-refractivity contribution in [2.24, 2.45) is 0 Å². The molecule has 3 aromatic rings. The van der Waals surface area contributed by atoms with Gasteiger partial charge >= 0.3 is 0 Å². The van der Waals surface area contributed by atoms with Gasteiger partial charge in [0.1, 0.15) is 11.1 Å². The summed E-state index contributed by atoms with van der Waals surface area (Å²) in [5, 5.41) is 12.7. The van der Waals surface area contributed by atoms with Gasteiger partial charge in [-0.1, -0.05) is 40.9 Å². The van der Waals surface area contributed by atoms with E-state index in [1.165, 1.54) is 0 Å². The Hall–Kier alpha value is -2.02. The molecule has 0 saturated carbocycles. The molecular weight excluding hydrogens is 397 g/mol. The smallest absolute Gasteiger partial charge is 0.250 e. The fourth-order valence-corrected chi connectivity index (χ4v) is 3.04. The molecule has 0 fully saturated rings. The largest absolute Gasteiger partial charge is 0.306 e. The van der Waals surface area contributed by atoms with Crippen LogP contribution in [0.5, 0.6) is 0 Å². The maximum Gasteiger partial charge on any atom is 0.250 e. The minimum atomic E-state index is -0.490. The fraction of sp³-hybridized carbons (Fsp3) is 0.235. The van der Waals surface area contributed by atoms with Crippen molar-refractivity contribution in [1.29, 1.82) is 0 Å². The van der Waals surface area contributed by atoms with Crippen LogP contribution in [0.1, 0.15) is 24.2 Å². The molecular formula is C17H16Cl3N5O. The van der Waals surface area contributed by atoms with E-state index in [-0.39, 0.29) is 11.7 Å². The van der Waals surface area contributed by atoms with Crippen LogP contribution in [-0.4, -0.2) is 25.5 Å². The molecule has 9 heteroatoms. The fourth-order valence-electron chi connectivity index (χ4n) is 2.38. The zero-order chi connectivity index (χ0) is 18.8. The molecule has 1 N–H and O–H groups in total. The second-order valence-electron chi connectivity index (χ2n) is 5.86. The first kappa shape index (κ1) is 18.8. The van der Waals surface area contributed by atoms with Crippen molar-refractivity contribution in [2.45, 2.75) is 26.4 Å². The van der Waals surface area contributed by atoms with Crippen molar-refractivity contribution in [3.05, 3.63) is 63.0 Å². The molecule has 2 heterocycles. The third-order valence-electron chi connectivity index (χ3n) is 3.82. The van der Waals surface area contributed by atoms with Gasteiger partial charge in [0, 0.05) is 22.4 Å². The Labute approximate surface area is 165 Å². The Balaban J connectivity index is 1.72. The van der Waals surface area contributed by atoms with Gasteiger partial charge in [-0.3, -0.25) is 14.2 Å². The molecule has 136 valence electrons. The van der Waals surface area contributed by atoms with E-state index in [1.807, 2.05) is 19.1 Å². The van der Waals surface area contributed by atoms with E-state index in [1.54, 1.807) is 40.8 Å². The van der Waals surface area contributed by atoms with Crippen LogP contribution in [0.3, 0.4) is 0 Å². The van der Waals surface area contributed by atoms with Crippen LogP contribution in [-0.2, 0) is 11.3 Å². The highest BCUT2D eigenvalue weighted by atomic mass is 35.5. The molecule has 0 bridgehead atoms. The van der Waals surface area contributed by atoms with Gasteiger partial charge in [-0.25, -0.2) is 0 Å². The van der Waals surface area contributed by atoms with Gasteiger partial charge in [0.15, 0.2) is 5.82 Å². The molecule has 1 unspecified atom stereocenters. The summed E-state index contributed by atoms with van der Waals surface area (Å²) in [7, 11) is 0. The molecule has 0 spiro atoms. The Morgan fingerprint density at radius 1 is 1.19 bits per heavy atom. The number of hydrogen-bond donors (Lipinski definition) is 1. The van der Waals surface area contributed by atoms with Crippen molar-refractivity contribution >= 4 is 46.5 Å². The first-order chi connectivity index (χ1) is 12.3. The van der Waals surface area contributed by atoms with Gasteiger partial charge in [-0.2, -0.15) is 10.2 Å².